The van der Waals surface area contributed by atoms with E-state index in [0.29, 0.717) is 24.4 Å². The molecule has 0 fully saturated rings. The van der Waals surface area contributed by atoms with Crippen molar-refractivity contribution in [3.05, 3.63) is 70.2 Å². The average molecular weight is 415 g/mol. The summed E-state index contributed by atoms with van der Waals surface area (Å²) in [7, 11) is 1.58. The molecular weight excluding hydrogens is 384 g/mol. The Bertz CT molecular complexity index is 841. The van der Waals surface area contributed by atoms with Gasteiger partial charge in [0.1, 0.15) is 6.04 Å². The van der Waals surface area contributed by atoms with Crippen molar-refractivity contribution in [3.63, 3.8) is 0 Å². The Morgan fingerprint density at radius 2 is 1.69 bits per heavy atom. The van der Waals surface area contributed by atoms with Crippen molar-refractivity contribution in [2.45, 2.75) is 58.5 Å². The van der Waals surface area contributed by atoms with Crippen LogP contribution in [0.2, 0.25) is 5.02 Å². The number of likely N-dealkylation sites (N-methyl/N-ethyl adjacent to an activating group) is 1. The lowest BCUT2D eigenvalue weighted by molar-refractivity contribution is -0.140. The highest BCUT2D eigenvalue weighted by Gasteiger charge is 2.25. The summed E-state index contributed by atoms with van der Waals surface area (Å²) in [5, 5.41) is 3.22. The number of carbonyl (C=O) groups is 2. The summed E-state index contributed by atoms with van der Waals surface area (Å²) < 4.78 is 0. The molecule has 2 amide bonds. The van der Waals surface area contributed by atoms with E-state index in [1.165, 1.54) is 5.56 Å². The van der Waals surface area contributed by atoms with Crippen LogP contribution in [0, 0.1) is 0 Å². The third-order valence-corrected chi connectivity index (χ3v) is 5.53. The maximum atomic E-state index is 13.0. The summed E-state index contributed by atoms with van der Waals surface area (Å²) in [6.45, 7) is 8.58. The van der Waals surface area contributed by atoms with Crippen LogP contribution >= 0.6 is 11.6 Å². The topological polar surface area (TPSA) is 49.4 Å². The molecule has 0 aliphatic heterocycles. The van der Waals surface area contributed by atoms with Gasteiger partial charge >= 0.3 is 0 Å². The molecule has 0 spiro atoms. The smallest absolute Gasteiger partial charge is 0.242 e. The molecule has 0 radical (unpaired) electrons. The highest BCUT2D eigenvalue weighted by molar-refractivity contribution is 6.31. The normalized spacial score (nSPS) is 12.3. The lowest BCUT2D eigenvalue weighted by Gasteiger charge is -2.29. The highest BCUT2D eigenvalue weighted by Crippen LogP contribution is 2.23. The molecule has 156 valence electrons. The zero-order valence-electron chi connectivity index (χ0n) is 18.0. The van der Waals surface area contributed by atoms with E-state index in [0.717, 1.165) is 11.1 Å². The maximum absolute atomic E-state index is 13.0. The van der Waals surface area contributed by atoms with Crippen LogP contribution in [-0.2, 0) is 28.0 Å². The lowest BCUT2D eigenvalue weighted by atomic mass is 9.86. The summed E-state index contributed by atoms with van der Waals surface area (Å²) >= 11 is 6.28. The van der Waals surface area contributed by atoms with Crippen LogP contribution in [0.4, 0.5) is 0 Å². The molecule has 29 heavy (non-hydrogen) atoms. The third kappa shape index (κ3) is 6.33. The Hall–Kier alpha value is -2.33. The van der Waals surface area contributed by atoms with Gasteiger partial charge in [-0.25, -0.2) is 0 Å². The average Bonchev–Trinajstić information content (AvgIpc) is 2.70. The molecule has 2 aromatic rings. The van der Waals surface area contributed by atoms with Gasteiger partial charge in [-0.1, -0.05) is 74.8 Å². The predicted octanol–water partition coefficient (Wildman–Crippen LogP) is 4.73. The molecule has 0 aliphatic rings. The van der Waals surface area contributed by atoms with E-state index in [4.69, 9.17) is 11.6 Å². The number of nitrogens with zero attached hydrogens (tertiary/aromatic N) is 1. The van der Waals surface area contributed by atoms with Gasteiger partial charge in [0.15, 0.2) is 0 Å². The van der Waals surface area contributed by atoms with Gasteiger partial charge in [0.25, 0.3) is 0 Å². The van der Waals surface area contributed by atoms with E-state index >= 15 is 0 Å². The number of rotatable bonds is 7. The molecule has 0 saturated carbocycles. The van der Waals surface area contributed by atoms with Gasteiger partial charge in [0.05, 0.1) is 0 Å². The van der Waals surface area contributed by atoms with Crippen molar-refractivity contribution in [1.82, 2.24) is 10.2 Å². The maximum Gasteiger partial charge on any atom is 0.242 e. The SMILES string of the molecule is CNC(=O)C(C)N(Cc1ccccc1Cl)C(=O)CCc1ccc(C(C)(C)C)cc1. The third-order valence-electron chi connectivity index (χ3n) is 5.16. The second-order valence-corrected chi connectivity index (χ2v) is 8.76. The molecule has 1 N–H and O–H groups in total. The van der Waals surface area contributed by atoms with E-state index in [2.05, 4.69) is 50.4 Å². The van der Waals surface area contributed by atoms with Crippen molar-refractivity contribution in [3.8, 4) is 0 Å². The van der Waals surface area contributed by atoms with E-state index < -0.39 is 6.04 Å². The number of nitrogens with one attached hydrogen (secondary N) is 1. The van der Waals surface area contributed by atoms with Crippen molar-refractivity contribution in [2.24, 2.45) is 0 Å². The first-order chi connectivity index (χ1) is 13.6. The van der Waals surface area contributed by atoms with Crippen LogP contribution in [0.5, 0.6) is 0 Å². The summed E-state index contributed by atoms with van der Waals surface area (Å²) in [4.78, 5) is 26.8. The van der Waals surface area contributed by atoms with Crippen molar-refractivity contribution < 1.29 is 9.59 Å². The molecular formula is C24H31ClN2O2. The molecule has 2 aromatic carbocycles. The molecule has 5 heteroatoms. The molecule has 1 atom stereocenters. The Labute approximate surface area is 179 Å². The largest absolute Gasteiger partial charge is 0.357 e. The Kier molecular flexibility index (Phi) is 7.86. The minimum atomic E-state index is -0.577. The molecule has 0 aliphatic carbocycles. The quantitative estimate of drug-likeness (QED) is 0.711. The van der Waals surface area contributed by atoms with Gasteiger partial charge in [-0.15, -0.1) is 0 Å². The number of aryl methyl sites for hydroxylation is 1. The lowest BCUT2D eigenvalue weighted by Crippen LogP contribution is -2.46. The Balaban J connectivity index is 2.12. The summed E-state index contributed by atoms with van der Waals surface area (Å²) in [6.07, 6.45) is 0.962. The predicted molar refractivity (Wildman–Crippen MR) is 119 cm³/mol. The second kappa shape index (κ2) is 9.93. The van der Waals surface area contributed by atoms with E-state index in [9.17, 15) is 9.59 Å². The number of hydrogen-bond acceptors (Lipinski definition) is 2. The Morgan fingerprint density at radius 1 is 1.07 bits per heavy atom. The first-order valence-electron chi connectivity index (χ1n) is 9.97. The van der Waals surface area contributed by atoms with Crippen LogP contribution < -0.4 is 5.32 Å². The molecule has 0 aromatic heterocycles. The second-order valence-electron chi connectivity index (χ2n) is 8.35. The number of benzene rings is 2. The standard InChI is InChI=1S/C24H31ClN2O2/c1-17(23(29)26-5)27(16-19-8-6-7-9-21(19)25)22(28)15-12-18-10-13-20(14-11-18)24(2,3)4/h6-11,13-14,17H,12,15-16H2,1-5H3,(H,26,29). The fourth-order valence-electron chi connectivity index (χ4n) is 3.17. The van der Waals surface area contributed by atoms with Crippen LogP contribution in [0.15, 0.2) is 48.5 Å². The number of hydrogen-bond donors (Lipinski definition) is 1. The van der Waals surface area contributed by atoms with Gasteiger partial charge in [-0.2, -0.15) is 0 Å². The minimum Gasteiger partial charge on any atom is -0.357 e. The van der Waals surface area contributed by atoms with Gasteiger partial charge in [0.2, 0.25) is 11.8 Å². The highest BCUT2D eigenvalue weighted by atomic mass is 35.5. The fourth-order valence-corrected chi connectivity index (χ4v) is 3.36. The monoisotopic (exact) mass is 414 g/mol. The molecule has 0 saturated heterocycles. The van der Waals surface area contributed by atoms with Crippen LogP contribution in [0.25, 0.3) is 0 Å². The van der Waals surface area contributed by atoms with E-state index in [1.807, 2.05) is 18.2 Å². The van der Waals surface area contributed by atoms with E-state index in [-0.39, 0.29) is 17.2 Å². The first kappa shape index (κ1) is 23.0. The molecule has 4 nitrogen and oxygen atoms in total. The van der Waals surface area contributed by atoms with Gasteiger partial charge < -0.3 is 10.2 Å². The van der Waals surface area contributed by atoms with Crippen LogP contribution in [0.1, 0.15) is 50.8 Å². The molecule has 0 bridgehead atoms. The number of amides is 2. The minimum absolute atomic E-state index is 0.0686. The molecule has 0 heterocycles. The van der Waals surface area contributed by atoms with Crippen molar-refractivity contribution in [2.75, 3.05) is 7.05 Å². The number of carbonyl (C=O) groups excluding carboxylic acids is 2. The zero-order chi connectivity index (χ0) is 21.6. The van der Waals surface area contributed by atoms with Gasteiger partial charge in [-0.3, -0.25) is 9.59 Å². The van der Waals surface area contributed by atoms with Gasteiger partial charge in [0, 0.05) is 25.0 Å². The number of halogens is 1. The summed E-state index contributed by atoms with van der Waals surface area (Å²) in [5.41, 5.74) is 3.30. The van der Waals surface area contributed by atoms with E-state index in [1.54, 1.807) is 24.9 Å². The zero-order valence-corrected chi connectivity index (χ0v) is 18.7. The molecule has 2 rings (SSSR count). The van der Waals surface area contributed by atoms with Crippen LogP contribution in [-0.4, -0.2) is 29.8 Å². The fraction of sp³-hybridized carbons (Fsp3) is 0.417. The summed E-state index contributed by atoms with van der Waals surface area (Å²) in [6, 6.07) is 15.2. The van der Waals surface area contributed by atoms with Crippen LogP contribution in [0.3, 0.4) is 0 Å². The molecule has 1 unspecified atom stereocenters. The van der Waals surface area contributed by atoms with Crippen molar-refractivity contribution >= 4 is 23.4 Å². The Morgan fingerprint density at radius 3 is 2.24 bits per heavy atom. The van der Waals surface area contributed by atoms with Gasteiger partial charge in [-0.05, 0) is 41.5 Å². The summed E-state index contributed by atoms with van der Waals surface area (Å²) in [5.74, 6) is -0.263. The first-order valence-corrected chi connectivity index (χ1v) is 10.3. The van der Waals surface area contributed by atoms with Crippen molar-refractivity contribution in [1.29, 1.82) is 0 Å².